The van der Waals surface area contributed by atoms with E-state index in [1.54, 1.807) is 56.5 Å². The Morgan fingerprint density at radius 2 is 1.70 bits per heavy atom. The second-order valence-corrected chi connectivity index (χ2v) is 10.9. The molecule has 0 radical (unpaired) electrons. The van der Waals surface area contributed by atoms with Crippen molar-refractivity contribution in [1.82, 2.24) is 10.3 Å². The zero-order valence-electron chi connectivity index (χ0n) is 25.4. The quantitative estimate of drug-likeness (QED) is 0.159. The molecule has 0 spiro atoms. The summed E-state index contributed by atoms with van der Waals surface area (Å²) in [5, 5.41) is 6.17. The lowest BCUT2D eigenvalue weighted by atomic mass is 9.94. The molecule has 0 amide bonds. The minimum Gasteiger partial charge on any atom is -0.398 e. The molecule has 7 heteroatoms. The Morgan fingerprint density at radius 1 is 1.00 bits per heavy atom. The second kappa shape index (κ2) is 15.5. The zero-order valence-corrected chi connectivity index (χ0v) is 26.3. The van der Waals surface area contributed by atoms with Gasteiger partial charge in [-0.05, 0) is 67.8 Å². The van der Waals surface area contributed by atoms with Crippen molar-refractivity contribution in [3.8, 4) is 10.6 Å². The smallest absolute Gasteiger partial charge is 0.177 e. The monoisotopic (exact) mass is 608 g/mol. The predicted molar refractivity (Wildman–Crippen MR) is 184 cm³/mol. The summed E-state index contributed by atoms with van der Waals surface area (Å²) >= 11 is 1.01. The third-order valence-corrected chi connectivity index (χ3v) is 7.70. The van der Waals surface area contributed by atoms with Gasteiger partial charge >= 0.3 is 0 Å². The highest BCUT2D eigenvalue weighted by Crippen LogP contribution is 2.35. The summed E-state index contributed by atoms with van der Waals surface area (Å²) in [7, 11) is 0. The van der Waals surface area contributed by atoms with E-state index in [-0.39, 0.29) is 27.5 Å². The summed E-state index contributed by atoms with van der Waals surface area (Å²) in [6.07, 6.45) is 8.96. The minimum absolute atomic E-state index is 0.0663. The summed E-state index contributed by atoms with van der Waals surface area (Å²) in [4.78, 5) is 5.11. The molecule has 226 valence electrons. The van der Waals surface area contributed by atoms with Crippen molar-refractivity contribution in [3.05, 3.63) is 179 Å². The van der Waals surface area contributed by atoms with Crippen molar-refractivity contribution in [2.45, 2.75) is 27.2 Å². The van der Waals surface area contributed by atoms with Crippen LogP contribution in [-0.4, -0.2) is 4.98 Å². The highest BCUT2D eigenvalue weighted by molar-refractivity contribution is 7.13. The van der Waals surface area contributed by atoms with E-state index in [9.17, 15) is 4.39 Å². The van der Waals surface area contributed by atoms with Crippen molar-refractivity contribution in [3.63, 3.8) is 0 Å². The van der Waals surface area contributed by atoms with Gasteiger partial charge in [0.25, 0.3) is 0 Å². The number of hydrogen-bond donors (Lipinski definition) is 3. The molecule has 44 heavy (non-hydrogen) atoms. The van der Waals surface area contributed by atoms with Gasteiger partial charge in [0.05, 0.1) is 10.6 Å². The second-order valence-electron chi connectivity index (χ2n) is 9.87. The molecule has 0 unspecified atom stereocenters. The highest BCUT2D eigenvalue weighted by Gasteiger charge is 2.20. The number of nitrogens with one attached hydrogen (secondary N) is 2. The van der Waals surface area contributed by atoms with Crippen LogP contribution in [0.3, 0.4) is 0 Å². The van der Waals surface area contributed by atoms with E-state index in [1.807, 2.05) is 37.3 Å². The third kappa shape index (κ3) is 8.30. The number of nitrogens with zero attached hydrogens (tertiary/aromatic N) is 1. The number of pyridine rings is 1. The summed E-state index contributed by atoms with van der Waals surface area (Å²) in [5.41, 5.74) is 12.3. The molecule has 3 aromatic rings. The van der Waals surface area contributed by atoms with Crippen LogP contribution in [0, 0.1) is 12.1 Å². The normalized spacial score (nSPS) is 12.7. The summed E-state index contributed by atoms with van der Waals surface area (Å²) < 4.78 is 30.0. The van der Waals surface area contributed by atoms with Crippen LogP contribution in [0.4, 0.5) is 14.5 Å². The first kappa shape index (κ1) is 33.5. The lowest BCUT2D eigenvalue weighted by Crippen LogP contribution is -2.13. The number of rotatable bonds is 14. The fraction of sp³-hybridized carbons (Fsp3) is 0.108. The van der Waals surface area contributed by atoms with Crippen LogP contribution < -0.4 is 16.4 Å². The molecule has 2 aromatic heterocycles. The Labute approximate surface area is 263 Å². The van der Waals surface area contributed by atoms with E-state index >= 15 is 4.39 Å². The Morgan fingerprint density at radius 3 is 2.30 bits per heavy atom. The molecule has 0 saturated heterocycles. The van der Waals surface area contributed by atoms with E-state index < -0.39 is 5.83 Å². The maximum Gasteiger partial charge on any atom is 0.177 e. The van der Waals surface area contributed by atoms with E-state index in [0.29, 0.717) is 39.6 Å². The van der Waals surface area contributed by atoms with Gasteiger partial charge in [-0.3, -0.25) is 4.98 Å². The van der Waals surface area contributed by atoms with Crippen LogP contribution in [0.15, 0.2) is 163 Å². The van der Waals surface area contributed by atoms with Gasteiger partial charge in [0.15, 0.2) is 5.13 Å². The van der Waals surface area contributed by atoms with E-state index in [2.05, 4.69) is 48.5 Å². The minimum atomic E-state index is -0.648. The van der Waals surface area contributed by atoms with Crippen LogP contribution in [0.1, 0.15) is 25.0 Å². The van der Waals surface area contributed by atoms with Crippen molar-refractivity contribution in [2.75, 3.05) is 5.32 Å². The first-order valence-electron chi connectivity index (χ1n) is 13.9. The third-order valence-electron chi connectivity index (χ3n) is 6.82. The van der Waals surface area contributed by atoms with Crippen LogP contribution in [0.5, 0.6) is 0 Å². The molecule has 0 aliphatic heterocycles. The number of thiophene rings is 1. The Kier molecular flexibility index (Phi) is 11.8. The number of benzene rings is 1. The first-order valence-corrected chi connectivity index (χ1v) is 14.7. The molecule has 3 rings (SSSR count). The molecule has 2 heterocycles. The number of aromatic nitrogens is 1. The average molecular weight is 609 g/mol. The maximum absolute atomic E-state index is 16.3. The van der Waals surface area contributed by atoms with Crippen LogP contribution in [0.25, 0.3) is 10.6 Å². The zero-order chi connectivity index (χ0) is 32.4. The van der Waals surface area contributed by atoms with E-state index in [1.165, 1.54) is 6.07 Å². The van der Waals surface area contributed by atoms with Gasteiger partial charge < -0.3 is 16.4 Å². The van der Waals surface area contributed by atoms with Gasteiger partial charge in [0.1, 0.15) is 5.83 Å². The van der Waals surface area contributed by atoms with Crippen molar-refractivity contribution < 1.29 is 8.78 Å². The molecular weight excluding hydrogens is 570 g/mol. The van der Waals surface area contributed by atoms with Gasteiger partial charge in [-0.15, -0.1) is 11.3 Å². The van der Waals surface area contributed by atoms with Gasteiger partial charge in [-0.25, -0.2) is 4.39 Å². The Bertz CT molecular complexity index is 1720. The predicted octanol–water partition coefficient (Wildman–Crippen LogP) is 9.74. The number of nitrogens with two attached hydrogens (primary N) is 1. The molecule has 0 saturated carbocycles. The molecule has 0 bridgehead atoms. The summed E-state index contributed by atoms with van der Waals surface area (Å²) in [6, 6.07) is 14.8. The van der Waals surface area contributed by atoms with E-state index in [4.69, 9.17) is 5.73 Å². The SMILES string of the molecule is C=C/C(=C\C(=C/C)C(=C)/C(F)=C(C(=C)C(=C)Nc1ccnc(-c2ccc(F)s2)c1C)\C(N)=C/C)NC(=C)Cc1ccccc1. The van der Waals surface area contributed by atoms with Gasteiger partial charge in [-0.2, -0.15) is 4.39 Å². The summed E-state index contributed by atoms with van der Waals surface area (Å²) in [6.45, 7) is 25.7. The Balaban J connectivity index is 1.88. The molecule has 4 N–H and O–H groups in total. The number of anilines is 1. The lowest BCUT2D eigenvalue weighted by Gasteiger charge is -2.20. The molecule has 4 nitrogen and oxygen atoms in total. The van der Waals surface area contributed by atoms with Gasteiger partial charge in [0, 0.05) is 57.8 Å². The van der Waals surface area contributed by atoms with Crippen molar-refractivity contribution >= 4 is 17.0 Å². The van der Waals surface area contributed by atoms with Crippen LogP contribution >= 0.6 is 11.3 Å². The van der Waals surface area contributed by atoms with Gasteiger partial charge in [-0.1, -0.05) is 75.4 Å². The molecule has 0 fully saturated rings. The maximum atomic E-state index is 16.3. The fourth-order valence-corrected chi connectivity index (χ4v) is 5.14. The average Bonchev–Trinajstić information content (AvgIpc) is 3.45. The van der Waals surface area contributed by atoms with Crippen molar-refractivity contribution in [2.24, 2.45) is 5.73 Å². The Hall–Kier alpha value is -5.01. The summed E-state index contributed by atoms with van der Waals surface area (Å²) in [5.74, 6) is -0.648. The standard InChI is InChI=1S/C37H38F2N4S/c1-9-29(22-30(10-2)42-23(4)21-28-15-13-12-14-16-28)25(6)36(39)35(31(40)11-3)24(5)27(8)43-32-19-20-41-37(26(32)7)33-17-18-34(38)44-33/h9-20,22,42H,2,4-6,8,21,40H2,1,3,7H3,(H,41,43)/b29-9+,30-22+,31-11+,36-35+. The number of hydrogen-bond acceptors (Lipinski definition) is 5. The molecule has 0 aliphatic rings. The molecular formula is C37H38F2N4S. The topological polar surface area (TPSA) is 63.0 Å². The lowest BCUT2D eigenvalue weighted by molar-refractivity contribution is 0.646. The molecule has 1 aromatic carbocycles. The number of halogens is 2. The van der Waals surface area contributed by atoms with Gasteiger partial charge in [0.2, 0.25) is 0 Å². The van der Waals surface area contributed by atoms with Crippen LogP contribution in [-0.2, 0) is 6.42 Å². The first-order chi connectivity index (χ1) is 21.0. The number of allylic oxidation sites excluding steroid dienone is 10. The van der Waals surface area contributed by atoms with E-state index in [0.717, 1.165) is 28.2 Å². The van der Waals surface area contributed by atoms with Crippen molar-refractivity contribution in [1.29, 1.82) is 0 Å². The largest absolute Gasteiger partial charge is 0.398 e. The van der Waals surface area contributed by atoms with Crippen LogP contribution in [0.2, 0.25) is 0 Å². The highest BCUT2D eigenvalue weighted by atomic mass is 32.1. The molecule has 0 aliphatic carbocycles. The molecule has 0 atom stereocenters. The fourth-order valence-electron chi connectivity index (χ4n) is 4.35.